The lowest BCUT2D eigenvalue weighted by molar-refractivity contribution is 0.0813. The van der Waals surface area contributed by atoms with E-state index >= 15 is 0 Å². The number of hydrogen-bond donors (Lipinski definition) is 2. The van der Waals surface area contributed by atoms with E-state index in [1.807, 2.05) is 29.1 Å². The second-order valence-electron chi connectivity index (χ2n) is 5.66. The number of urea groups is 1. The number of aliphatic hydroxyl groups excluding tert-OH is 1. The monoisotopic (exact) mass is 337 g/mol. The van der Waals surface area contributed by atoms with Crippen LogP contribution in [0.25, 0.3) is 5.69 Å². The Balaban J connectivity index is 1.80. The second kappa shape index (κ2) is 6.22. The van der Waals surface area contributed by atoms with Crippen LogP contribution in [0.1, 0.15) is 6.42 Å². The van der Waals surface area contributed by atoms with Crippen LogP contribution in [0.4, 0.5) is 14.9 Å². The van der Waals surface area contributed by atoms with E-state index in [1.54, 1.807) is 18.2 Å². The molecule has 0 unspecified atom stereocenters. The number of carbonyl (C=O) groups is 1. The minimum Gasteiger partial charge on any atom is -0.393 e. The Kier molecular flexibility index (Phi) is 4.28. The van der Waals surface area contributed by atoms with Crippen LogP contribution in [0.5, 0.6) is 0 Å². The molecule has 0 radical (unpaired) electrons. The van der Waals surface area contributed by atoms with Crippen molar-refractivity contribution < 1.29 is 14.3 Å². The van der Waals surface area contributed by atoms with E-state index in [0.29, 0.717) is 10.7 Å². The van der Waals surface area contributed by atoms with Crippen LogP contribution in [-0.4, -0.2) is 46.0 Å². The highest BCUT2D eigenvalue weighted by Gasteiger charge is 2.39. The van der Waals surface area contributed by atoms with E-state index < -0.39 is 18.3 Å². The minimum absolute atomic E-state index is 0.109. The quantitative estimate of drug-likeness (QED) is 0.904. The Morgan fingerprint density at radius 3 is 2.78 bits per heavy atom. The number of halogens is 2. The first kappa shape index (κ1) is 15.8. The number of nitrogens with zero attached hydrogens (tertiary/aromatic N) is 2. The van der Waals surface area contributed by atoms with Crippen molar-refractivity contribution in [1.82, 2.24) is 9.47 Å². The van der Waals surface area contributed by atoms with Crippen molar-refractivity contribution in [2.45, 2.75) is 12.1 Å². The maximum absolute atomic E-state index is 14.1. The van der Waals surface area contributed by atoms with Crippen LogP contribution >= 0.6 is 11.6 Å². The average molecular weight is 338 g/mol. The van der Waals surface area contributed by atoms with E-state index in [2.05, 4.69) is 5.32 Å². The van der Waals surface area contributed by atoms with Crippen LogP contribution in [0.15, 0.2) is 42.7 Å². The van der Waals surface area contributed by atoms with E-state index in [-0.39, 0.29) is 19.5 Å². The summed E-state index contributed by atoms with van der Waals surface area (Å²) in [7, 11) is 0. The lowest BCUT2D eigenvalue weighted by Gasteiger charge is -2.20. The molecule has 1 aliphatic heterocycles. The summed E-state index contributed by atoms with van der Waals surface area (Å²) in [6, 6.07) is 8.47. The smallest absolute Gasteiger partial charge is 0.322 e. The van der Waals surface area contributed by atoms with Crippen LogP contribution in [0, 0.1) is 0 Å². The molecule has 3 rings (SSSR count). The average Bonchev–Trinajstić information content (AvgIpc) is 3.19. The maximum atomic E-state index is 14.1. The van der Waals surface area contributed by atoms with Crippen molar-refractivity contribution in [2.75, 3.05) is 25.0 Å². The number of hydrogen-bond acceptors (Lipinski definition) is 2. The normalized spacial score (nSPS) is 20.7. The predicted octanol–water partition coefficient (Wildman–Crippen LogP) is 3.07. The van der Waals surface area contributed by atoms with Gasteiger partial charge < -0.3 is 19.9 Å². The van der Waals surface area contributed by atoms with Crippen molar-refractivity contribution in [3.63, 3.8) is 0 Å². The van der Waals surface area contributed by atoms with Gasteiger partial charge in [-0.2, -0.15) is 0 Å². The van der Waals surface area contributed by atoms with Gasteiger partial charge in [0, 0.05) is 30.4 Å². The molecule has 1 aromatic carbocycles. The summed E-state index contributed by atoms with van der Waals surface area (Å²) in [6.45, 7) is -0.413. The first-order chi connectivity index (χ1) is 11.0. The Morgan fingerprint density at radius 2 is 2.13 bits per heavy atom. The molecule has 0 bridgehead atoms. The highest BCUT2D eigenvalue weighted by atomic mass is 35.5. The summed E-state index contributed by atoms with van der Waals surface area (Å²) < 4.78 is 15.9. The van der Waals surface area contributed by atoms with Gasteiger partial charge in [0.25, 0.3) is 0 Å². The van der Waals surface area contributed by atoms with Gasteiger partial charge in [0.15, 0.2) is 5.67 Å². The molecule has 0 saturated carbocycles. The SMILES string of the molecule is O=C(Nc1ccc(Cl)cc1-n1cccc1)N1CC[C@](F)(CO)C1. The first-order valence-electron chi connectivity index (χ1n) is 7.29. The maximum Gasteiger partial charge on any atom is 0.322 e. The minimum atomic E-state index is -1.71. The topological polar surface area (TPSA) is 57.5 Å². The number of anilines is 1. The summed E-state index contributed by atoms with van der Waals surface area (Å²) in [6.07, 6.45) is 3.83. The number of likely N-dealkylation sites (tertiary alicyclic amines) is 1. The number of nitrogens with one attached hydrogen (secondary N) is 1. The highest BCUT2D eigenvalue weighted by Crippen LogP contribution is 2.28. The largest absolute Gasteiger partial charge is 0.393 e. The number of aromatic nitrogens is 1. The zero-order valence-electron chi connectivity index (χ0n) is 12.4. The van der Waals surface area contributed by atoms with Crippen LogP contribution in [-0.2, 0) is 0 Å². The zero-order chi connectivity index (χ0) is 16.4. The number of aliphatic hydroxyl groups is 1. The lowest BCUT2D eigenvalue weighted by Crippen LogP contribution is -2.37. The molecule has 7 heteroatoms. The van der Waals surface area contributed by atoms with E-state index in [4.69, 9.17) is 16.7 Å². The summed E-state index contributed by atoms with van der Waals surface area (Å²) in [5.74, 6) is 0. The van der Waals surface area contributed by atoms with Gasteiger partial charge in [0.1, 0.15) is 0 Å². The lowest BCUT2D eigenvalue weighted by atomic mass is 10.1. The van der Waals surface area contributed by atoms with Gasteiger partial charge in [-0.25, -0.2) is 9.18 Å². The predicted molar refractivity (Wildman–Crippen MR) is 86.9 cm³/mol. The summed E-state index contributed by atoms with van der Waals surface area (Å²) in [5, 5.41) is 12.4. The summed E-state index contributed by atoms with van der Waals surface area (Å²) >= 11 is 6.04. The fourth-order valence-corrected chi connectivity index (χ4v) is 2.82. The molecule has 122 valence electrons. The van der Waals surface area contributed by atoms with Crippen LogP contribution < -0.4 is 5.32 Å². The number of carbonyl (C=O) groups excluding carboxylic acids is 1. The fourth-order valence-electron chi connectivity index (χ4n) is 2.65. The van der Waals surface area contributed by atoms with Gasteiger partial charge in [-0.15, -0.1) is 0 Å². The Labute approximate surface area is 138 Å². The van der Waals surface area contributed by atoms with Crippen LogP contribution in [0.2, 0.25) is 5.02 Å². The van der Waals surface area contributed by atoms with Gasteiger partial charge >= 0.3 is 6.03 Å². The van der Waals surface area contributed by atoms with Gasteiger partial charge in [0.05, 0.1) is 24.5 Å². The molecule has 2 amide bonds. The molecular formula is C16H17ClFN3O2. The molecule has 1 fully saturated rings. The molecule has 1 aliphatic rings. The van der Waals surface area contributed by atoms with Gasteiger partial charge in [-0.3, -0.25) is 0 Å². The third-order valence-corrected chi connectivity index (χ3v) is 4.19. The molecule has 2 heterocycles. The number of alkyl halides is 1. The number of rotatable bonds is 3. The first-order valence-corrected chi connectivity index (χ1v) is 7.67. The van der Waals surface area contributed by atoms with Crippen molar-refractivity contribution in [2.24, 2.45) is 0 Å². The molecule has 1 saturated heterocycles. The van der Waals surface area contributed by atoms with E-state index in [9.17, 15) is 9.18 Å². The van der Waals surface area contributed by atoms with E-state index in [0.717, 1.165) is 5.69 Å². The molecule has 5 nitrogen and oxygen atoms in total. The van der Waals surface area contributed by atoms with Gasteiger partial charge in [-0.05, 0) is 30.3 Å². The fraction of sp³-hybridized carbons (Fsp3) is 0.312. The summed E-state index contributed by atoms with van der Waals surface area (Å²) in [4.78, 5) is 13.7. The van der Waals surface area contributed by atoms with Crippen molar-refractivity contribution in [1.29, 1.82) is 0 Å². The van der Waals surface area contributed by atoms with E-state index in [1.165, 1.54) is 4.90 Å². The van der Waals surface area contributed by atoms with Gasteiger partial charge in [0.2, 0.25) is 0 Å². The number of benzene rings is 1. The van der Waals surface area contributed by atoms with Crippen molar-refractivity contribution in [3.05, 3.63) is 47.7 Å². The molecule has 2 N–H and O–H groups in total. The summed E-state index contributed by atoms with van der Waals surface area (Å²) in [5.41, 5.74) is -0.402. The number of amides is 2. The highest BCUT2D eigenvalue weighted by molar-refractivity contribution is 6.30. The second-order valence-corrected chi connectivity index (χ2v) is 6.10. The third kappa shape index (κ3) is 3.33. The molecular weight excluding hydrogens is 321 g/mol. The van der Waals surface area contributed by atoms with Gasteiger partial charge in [-0.1, -0.05) is 11.6 Å². The van der Waals surface area contributed by atoms with Crippen molar-refractivity contribution in [3.8, 4) is 5.69 Å². The molecule has 0 spiro atoms. The third-order valence-electron chi connectivity index (χ3n) is 3.96. The molecule has 1 atom stereocenters. The molecule has 2 aromatic rings. The molecule has 23 heavy (non-hydrogen) atoms. The Bertz CT molecular complexity index is 707. The van der Waals surface area contributed by atoms with Crippen molar-refractivity contribution >= 4 is 23.3 Å². The van der Waals surface area contributed by atoms with Crippen LogP contribution in [0.3, 0.4) is 0 Å². The zero-order valence-corrected chi connectivity index (χ0v) is 13.1. The molecule has 0 aliphatic carbocycles. The molecule has 1 aromatic heterocycles. The standard InChI is InChI=1S/C16H17ClFN3O2/c17-12-3-4-13(14(9-12)20-6-1-2-7-20)19-15(23)21-8-5-16(18,10-21)11-22/h1-4,6-7,9,22H,5,8,10-11H2,(H,19,23)/t16-/m1/s1. The Hall–Kier alpha value is -2.05. The Morgan fingerprint density at radius 1 is 1.39 bits per heavy atom.